The predicted molar refractivity (Wildman–Crippen MR) is 55.1 cm³/mol. The second kappa shape index (κ2) is 4.87. The first-order chi connectivity index (χ1) is 6.27. The van der Waals surface area contributed by atoms with E-state index in [1.54, 1.807) is 7.11 Å². The molecule has 0 saturated heterocycles. The number of hydrogen-bond donors (Lipinski definition) is 1. The lowest BCUT2D eigenvalue weighted by atomic mass is 9.98. The standard InChI is InChI=1S/C11H17NO/c1-9(7-8-12)10-3-5-11(13-2)6-4-10/h3-6,9H,7-8,12H2,1-2H3/t9-/m0/s1. The van der Waals surface area contributed by atoms with E-state index in [9.17, 15) is 0 Å². The fourth-order valence-electron chi connectivity index (χ4n) is 1.35. The van der Waals surface area contributed by atoms with E-state index >= 15 is 0 Å². The molecular weight excluding hydrogens is 162 g/mol. The van der Waals surface area contributed by atoms with Crippen molar-refractivity contribution in [2.45, 2.75) is 19.3 Å². The summed E-state index contributed by atoms with van der Waals surface area (Å²) >= 11 is 0. The zero-order chi connectivity index (χ0) is 9.68. The first-order valence-corrected chi connectivity index (χ1v) is 4.62. The van der Waals surface area contributed by atoms with Crippen molar-refractivity contribution in [2.24, 2.45) is 5.73 Å². The monoisotopic (exact) mass is 179 g/mol. The zero-order valence-corrected chi connectivity index (χ0v) is 8.29. The van der Waals surface area contributed by atoms with Gasteiger partial charge in [0.25, 0.3) is 0 Å². The van der Waals surface area contributed by atoms with Crippen LogP contribution in [0.1, 0.15) is 24.8 Å². The van der Waals surface area contributed by atoms with E-state index < -0.39 is 0 Å². The highest BCUT2D eigenvalue weighted by molar-refractivity contribution is 5.28. The van der Waals surface area contributed by atoms with Crippen LogP contribution in [-0.2, 0) is 0 Å². The minimum absolute atomic E-state index is 0.538. The van der Waals surface area contributed by atoms with Crippen LogP contribution in [0.4, 0.5) is 0 Å². The Morgan fingerprint density at radius 2 is 1.92 bits per heavy atom. The molecule has 0 aliphatic heterocycles. The summed E-state index contributed by atoms with van der Waals surface area (Å²) in [6.45, 7) is 2.93. The van der Waals surface area contributed by atoms with Crippen LogP contribution < -0.4 is 10.5 Å². The summed E-state index contributed by atoms with van der Waals surface area (Å²) in [6.07, 6.45) is 1.03. The third kappa shape index (κ3) is 2.74. The van der Waals surface area contributed by atoms with Gasteiger partial charge in [0.15, 0.2) is 0 Å². The minimum atomic E-state index is 0.538. The van der Waals surface area contributed by atoms with Crippen molar-refractivity contribution in [2.75, 3.05) is 13.7 Å². The topological polar surface area (TPSA) is 35.2 Å². The van der Waals surface area contributed by atoms with Gasteiger partial charge in [-0.25, -0.2) is 0 Å². The van der Waals surface area contributed by atoms with Crippen LogP contribution in [0, 0.1) is 0 Å². The van der Waals surface area contributed by atoms with E-state index in [1.165, 1.54) is 5.56 Å². The van der Waals surface area contributed by atoms with Gasteiger partial charge < -0.3 is 10.5 Å². The lowest BCUT2D eigenvalue weighted by Gasteiger charge is -2.10. The number of rotatable bonds is 4. The van der Waals surface area contributed by atoms with E-state index in [0.717, 1.165) is 18.7 Å². The largest absolute Gasteiger partial charge is 0.497 e. The normalized spacial score (nSPS) is 12.5. The second-order valence-corrected chi connectivity index (χ2v) is 3.25. The molecule has 0 saturated carbocycles. The Kier molecular flexibility index (Phi) is 3.77. The number of benzene rings is 1. The Morgan fingerprint density at radius 3 is 2.38 bits per heavy atom. The third-order valence-corrected chi connectivity index (χ3v) is 2.28. The maximum absolute atomic E-state index is 5.50. The molecule has 72 valence electrons. The van der Waals surface area contributed by atoms with Gasteiger partial charge in [0.05, 0.1) is 7.11 Å². The fourth-order valence-corrected chi connectivity index (χ4v) is 1.35. The molecule has 0 aliphatic rings. The van der Waals surface area contributed by atoms with E-state index in [0.29, 0.717) is 5.92 Å². The first-order valence-electron chi connectivity index (χ1n) is 4.62. The van der Waals surface area contributed by atoms with Gasteiger partial charge in [0.1, 0.15) is 5.75 Å². The molecular formula is C11H17NO. The van der Waals surface area contributed by atoms with Gasteiger partial charge >= 0.3 is 0 Å². The minimum Gasteiger partial charge on any atom is -0.497 e. The summed E-state index contributed by atoms with van der Waals surface area (Å²) in [5.41, 5.74) is 6.82. The van der Waals surface area contributed by atoms with Crippen LogP contribution >= 0.6 is 0 Å². The molecule has 0 heterocycles. The first kappa shape index (κ1) is 10.1. The molecule has 0 amide bonds. The van der Waals surface area contributed by atoms with Crippen LogP contribution in [0.2, 0.25) is 0 Å². The fraction of sp³-hybridized carbons (Fsp3) is 0.455. The lowest BCUT2D eigenvalue weighted by Crippen LogP contribution is -2.04. The summed E-state index contributed by atoms with van der Waals surface area (Å²) in [5.74, 6) is 1.44. The summed E-state index contributed by atoms with van der Waals surface area (Å²) < 4.78 is 5.08. The average molecular weight is 179 g/mol. The van der Waals surface area contributed by atoms with Crippen LogP contribution in [-0.4, -0.2) is 13.7 Å². The number of methoxy groups -OCH3 is 1. The highest BCUT2D eigenvalue weighted by atomic mass is 16.5. The molecule has 0 radical (unpaired) electrons. The summed E-state index contributed by atoms with van der Waals surface area (Å²) in [5, 5.41) is 0. The van der Waals surface area contributed by atoms with Crippen molar-refractivity contribution in [1.82, 2.24) is 0 Å². The maximum atomic E-state index is 5.50. The highest BCUT2D eigenvalue weighted by Crippen LogP contribution is 2.20. The van der Waals surface area contributed by atoms with E-state index in [4.69, 9.17) is 10.5 Å². The number of nitrogens with two attached hydrogens (primary N) is 1. The van der Waals surface area contributed by atoms with Gasteiger partial charge in [-0.3, -0.25) is 0 Å². The van der Waals surface area contributed by atoms with E-state index in [-0.39, 0.29) is 0 Å². The molecule has 0 bridgehead atoms. The third-order valence-electron chi connectivity index (χ3n) is 2.28. The molecule has 1 aromatic carbocycles. The molecule has 2 nitrogen and oxygen atoms in total. The quantitative estimate of drug-likeness (QED) is 0.768. The van der Waals surface area contributed by atoms with Crippen LogP contribution in [0.25, 0.3) is 0 Å². The smallest absolute Gasteiger partial charge is 0.118 e. The Morgan fingerprint density at radius 1 is 1.31 bits per heavy atom. The van der Waals surface area contributed by atoms with Crippen molar-refractivity contribution in [3.63, 3.8) is 0 Å². The number of ether oxygens (including phenoxy) is 1. The summed E-state index contributed by atoms with van der Waals surface area (Å²) in [4.78, 5) is 0. The molecule has 13 heavy (non-hydrogen) atoms. The van der Waals surface area contributed by atoms with Crippen molar-refractivity contribution in [3.05, 3.63) is 29.8 Å². The molecule has 0 spiro atoms. The Hall–Kier alpha value is -1.02. The Labute approximate surface area is 79.7 Å². The highest BCUT2D eigenvalue weighted by Gasteiger charge is 2.03. The van der Waals surface area contributed by atoms with Crippen molar-refractivity contribution in [3.8, 4) is 5.75 Å². The Balaban J connectivity index is 2.67. The number of hydrogen-bond acceptors (Lipinski definition) is 2. The van der Waals surface area contributed by atoms with Gasteiger partial charge in [-0.2, -0.15) is 0 Å². The van der Waals surface area contributed by atoms with Crippen LogP contribution in [0.3, 0.4) is 0 Å². The van der Waals surface area contributed by atoms with Crippen LogP contribution in [0.15, 0.2) is 24.3 Å². The molecule has 0 aromatic heterocycles. The van der Waals surface area contributed by atoms with Gasteiger partial charge in [0.2, 0.25) is 0 Å². The molecule has 0 fully saturated rings. The van der Waals surface area contributed by atoms with Crippen molar-refractivity contribution in [1.29, 1.82) is 0 Å². The van der Waals surface area contributed by atoms with Crippen molar-refractivity contribution < 1.29 is 4.74 Å². The Bertz CT molecular complexity index is 243. The maximum Gasteiger partial charge on any atom is 0.118 e. The average Bonchev–Trinajstić information content (AvgIpc) is 2.18. The van der Waals surface area contributed by atoms with E-state index in [2.05, 4.69) is 19.1 Å². The van der Waals surface area contributed by atoms with Gasteiger partial charge in [-0.1, -0.05) is 19.1 Å². The molecule has 1 aromatic rings. The van der Waals surface area contributed by atoms with Crippen LogP contribution in [0.5, 0.6) is 5.75 Å². The molecule has 0 aliphatic carbocycles. The predicted octanol–water partition coefficient (Wildman–Crippen LogP) is 2.15. The summed E-state index contributed by atoms with van der Waals surface area (Å²) in [7, 11) is 1.68. The van der Waals surface area contributed by atoms with Gasteiger partial charge in [0, 0.05) is 0 Å². The molecule has 2 heteroatoms. The second-order valence-electron chi connectivity index (χ2n) is 3.25. The molecule has 1 rings (SSSR count). The van der Waals surface area contributed by atoms with Gasteiger partial charge in [-0.05, 0) is 36.6 Å². The van der Waals surface area contributed by atoms with Gasteiger partial charge in [-0.15, -0.1) is 0 Å². The SMILES string of the molecule is COc1ccc([C@@H](C)CCN)cc1. The van der Waals surface area contributed by atoms with E-state index in [1.807, 2.05) is 12.1 Å². The molecule has 1 atom stereocenters. The molecule has 2 N–H and O–H groups in total. The molecule has 0 unspecified atom stereocenters. The zero-order valence-electron chi connectivity index (χ0n) is 8.29. The van der Waals surface area contributed by atoms with Crippen molar-refractivity contribution >= 4 is 0 Å². The lowest BCUT2D eigenvalue weighted by molar-refractivity contribution is 0.414. The summed E-state index contributed by atoms with van der Waals surface area (Å²) in [6, 6.07) is 8.17.